The average Bonchev–Trinajstić information content (AvgIpc) is 3.66. The van der Waals surface area contributed by atoms with E-state index in [4.69, 9.17) is 4.42 Å². The fraction of sp³-hybridized carbons (Fsp3) is 0. The fourth-order valence-electron chi connectivity index (χ4n) is 6.48. The number of hydrogen-bond acceptors (Lipinski definition) is 1. The van der Waals surface area contributed by atoms with E-state index in [2.05, 4.69) is 125 Å². The first-order valence-electron chi connectivity index (χ1n) is 13.3. The van der Waals surface area contributed by atoms with Crippen LogP contribution in [0.1, 0.15) is 0 Å². The summed E-state index contributed by atoms with van der Waals surface area (Å²) in [7, 11) is 0. The Morgan fingerprint density at radius 3 is 2.18 bits per heavy atom. The van der Waals surface area contributed by atoms with E-state index < -0.39 is 0 Å². The summed E-state index contributed by atoms with van der Waals surface area (Å²) >= 11 is 0. The number of rotatable bonds is 2. The monoisotopic (exact) mass is 498 g/mol. The normalized spacial score (nSPS) is 12.1. The molecule has 0 spiro atoms. The number of benzene rings is 6. The van der Waals surface area contributed by atoms with Crippen LogP contribution in [0.25, 0.3) is 82.4 Å². The van der Waals surface area contributed by atoms with Gasteiger partial charge in [-0.3, -0.25) is 0 Å². The van der Waals surface area contributed by atoms with Gasteiger partial charge in [-0.05, 0) is 65.7 Å². The lowest BCUT2D eigenvalue weighted by molar-refractivity contribution is 0.669. The molecule has 0 amide bonds. The second-order valence-electron chi connectivity index (χ2n) is 10.2. The molecule has 3 heterocycles. The van der Waals surface area contributed by atoms with Gasteiger partial charge in [0.15, 0.2) is 0 Å². The number of para-hydroxylation sites is 3. The van der Waals surface area contributed by atoms with E-state index in [1.54, 1.807) is 0 Å². The van der Waals surface area contributed by atoms with Crippen LogP contribution in [0.4, 0.5) is 0 Å². The zero-order valence-corrected chi connectivity index (χ0v) is 21.0. The number of hydrogen-bond donors (Lipinski definition) is 1. The number of aromatic amines is 1. The fourth-order valence-corrected chi connectivity index (χ4v) is 6.48. The molecule has 39 heavy (non-hydrogen) atoms. The smallest absolute Gasteiger partial charge is 0.135 e. The molecule has 9 aromatic rings. The zero-order valence-electron chi connectivity index (χ0n) is 21.0. The lowest BCUT2D eigenvalue weighted by Crippen LogP contribution is -1.92. The van der Waals surface area contributed by atoms with Crippen molar-refractivity contribution in [2.24, 2.45) is 0 Å². The Morgan fingerprint density at radius 1 is 0.487 bits per heavy atom. The molecule has 0 saturated heterocycles. The average molecular weight is 499 g/mol. The molecule has 0 radical (unpaired) electrons. The highest BCUT2D eigenvalue weighted by molar-refractivity contribution is 6.30. The summed E-state index contributed by atoms with van der Waals surface area (Å²) in [4.78, 5) is 3.73. The van der Waals surface area contributed by atoms with E-state index in [9.17, 15) is 0 Å². The van der Waals surface area contributed by atoms with Gasteiger partial charge in [-0.15, -0.1) is 0 Å². The minimum Gasteiger partial charge on any atom is -0.456 e. The van der Waals surface area contributed by atoms with Gasteiger partial charge in [0.05, 0.1) is 11.0 Å². The summed E-state index contributed by atoms with van der Waals surface area (Å²) in [6.45, 7) is 0. The first-order chi connectivity index (χ1) is 19.3. The molecule has 3 nitrogen and oxygen atoms in total. The summed E-state index contributed by atoms with van der Waals surface area (Å²) in [5, 5.41) is 7.34. The third-order valence-corrected chi connectivity index (χ3v) is 8.12. The van der Waals surface area contributed by atoms with Crippen molar-refractivity contribution in [2.45, 2.75) is 0 Å². The van der Waals surface area contributed by atoms with Crippen LogP contribution in [0.5, 0.6) is 0 Å². The molecular formula is C36H22N2O. The number of H-pyrrole nitrogens is 1. The molecule has 0 atom stereocenters. The minimum absolute atomic E-state index is 0.916. The topological polar surface area (TPSA) is 33.9 Å². The van der Waals surface area contributed by atoms with Gasteiger partial charge in [-0.2, -0.15) is 0 Å². The molecule has 1 N–H and O–H groups in total. The van der Waals surface area contributed by atoms with Crippen molar-refractivity contribution >= 4 is 65.6 Å². The highest BCUT2D eigenvalue weighted by atomic mass is 16.3. The van der Waals surface area contributed by atoms with E-state index in [0.29, 0.717) is 0 Å². The van der Waals surface area contributed by atoms with Gasteiger partial charge in [0.1, 0.15) is 11.2 Å². The quantitative estimate of drug-likeness (QED) is 0.253. The summed E-state index contributed by atoms with van der Waals surface area (Å²) in [5.41, 5.74) is 10.1. The van der Waals surface area contributed by atoms with Gasteiger partial charge < -0.3 is 14.0 Å². The maximum absolute atomic E-state index is 6.13. The lowest BCUT2D eigenvalue weighted by atomic mass is 9.96. The van der Waals surface area contributed by atoms with Crippen LogP contribution in [0.3, 0.4) is 0 Å². The highest BCUT2D eigenvalue weighted by Crippen LogP contribution is 2.43. The van der Waals surface area contributed by atoms with Crippen molar-refractivity contribution in [1.29, 1.82) is 0 Å². The van der Waals surface area contributed by atoms with Gasteiger partial charge >= 0.3 is 0 Å². The molecule has 0 fully saturated rings. The molecule has 3 heteroatoms. The standard InChI is InChI=1S/C36H22N2O/c1-2-9-23(10-3-1)38-30-15-6-4-12-26(30)35-31(38)19-18-29-36(35)34-24(13-8-14-28(34)37-29)22-17-20-33-27(21-22)25-11-5-7-16-32(25)39-33/h1-21,37H. The number of nitrogens with one attached hydrogen (secondary N) is 1. The Hall–Kier alpha value is -5.28. The van der Waals surface area contributed by atoms with E-state index in [1.165, 1.54) is 49.4 Å². The lowest BCUT2D eigenvalue weighted by Gasteiger charge is -2.08. The Bertz CT molecular complexity index is 2390. The number of nitrogens with zero attached hydrogens (tertiary/aromatic N) is 1. The molecule has 9 rings (SSSR count). The first-order valence-corrected chi connectivity index (χ1v) is 13.3. The maximum atomic E-state index is 6.13. The third kappa shape index (κ3) is 2.82. The second-order valence-corrected chi connectivity index (χ2v) is 10.2. The Balaban J connectivity index is 1.43. The van der Waals surface area contributed by atoms with Crippen LogP contribution in [0, 0.1) is 0 Å². The van der Waals surface area contributed by atoms with Gasteiger partial charge in [0.25, 0.3) is 0 Å². The Labute approximate surface area is 223 Å². The molecule has 0 aliphatic rings. The van der Waals surface area contributed by atoms with Crippen molar-refractivity contribution < 1.29 is 4.42 Å². The molecule has 0 unspecified atom stereocenters. The van der Waals surface area contributed by atoms with E-state index in [-0.39, 0.29) is 0 Å². The van der Waals surface area contributed by atoms with Crippen LogP contribution in [0.15, 0.2) is 132 Å². The van der Waals surface area contributed by atoms with Crippen molar-refractivity contribution in [3.8, 4) is 16.8 Å². The molecule has 6 aromatic carbocycles. The Kier molecular flexibility index (Phi) is 4.05. The molecule has 0 aliphatic carbocycles. The van der Waals surface area contributed by atoms with Crippen molar-refractivity contribution in [1.82, 2.24) is 9.55 Å². The maximum Gasteiger partial charge on any atom is 0.135 e. The first kappa shape index (κ1) is 20.7. The largest absolute Gasteiger partial charge is 0.456 e. The summed E-state index contributed by atoms with van der Waals surface area (Å²) in [5.74, 6) is 0. The van der Waals surface area contributed by atoms with Crippen LogP contribution in [0.2, 0.25) is 0 Å². The Morgan fingerprint density at radius 2 is 1.26 bits per heavy atom. The molecule has 3 aromatic heterocycles. The molecular weight excluding hydrogens is 476 g/mol. The van der Waals surface area contributed by atoms with Crippen LogP contribution >= 0.6 is 0 Å². The van der Waals surface area contributed by atoms with Gasteiger partial charge in [0, 0.05) is 49.0 Å². The zero-order chi connectivity index (χ0) is 25.5. The molecule has 182 valence electrons. The van der Waals surface area contributed by atoms with Crippen LogP contribution < -0.4 is 0 Å². The van der Waals surface area contributed by atoms with Gasteiger partial charge in [0.2, 0.25) is 0 Å². The third-order valence-electron chi connectivity index (χ3n) is 8.12. The van der Waals surface area contributed by atoms with Gasteiger partial charge in [-0.1, -0.05) is 72.8 Å². The second kappa shape index (κ2) is 7.62. The summed E-state index contributed by atoms with van der Waals surface area (Å²) in [6.07, 6.45) is 0. The SMILES string of the molecule is c1ccc(-n2c3ccccc3c3c4c(ccc32)[nH]c2cccc(-c3ccc5oc6ccccc6c5c3)c24)cc1. The van der Waals surface area contributed by atoms with E-state index >= 15 is 0 Å². The number of aromatic nitrogens is 2. The van der Waals surface area contributed by atoms with Crippen molar-refractivity contribution in [3.05, 3.63) is 127 Å². The van der Waals surface area contributed by atoms with Crippen LogP contribution in [-0.4, -0.2) is 9.55 Å². The number of fused-ring (bicyclic) bond motifs is 10. The molecule has 0 saturated carbocycles. The van der Waals surface area contributed by atoms with Crippen molar-refractivity contribution in [2.75, 3.05) is 0 Å². The van der Waals surface area contributed by atoms with Gasteiger partial charge in [-0.25, -0.2) is 0 Å². The van der Waals surface area contributed by atoms with Crippen LogP contribution in [-0.2, 0) is 0 Å². The molecule has 0 aliphatic heterocycles. The molecule has 0 bridgehead atoms. The van der Waals surface area contributed by atoms with Crippen molar-refractivity contribution in [3.63, 3.8) is 0 Å². The highest BCUT2D eigenvalue weighted by Gasteiger charge is 2.19. The minimum atomic E-state index is 0.916. The predicted octanol–water partition coefficient (Wildman–Crippen LogP) is 9.98. The predicted molar refractivity (Wildman–Crippen MR) is 163 cm³/mol. The van der Waals surface area contributed by atoms with E-state index in [1.807, 2.05) is 12.1 Å². The number of furan rings is 1. The summed E-state index contributed by atoms with van der Waals surface area (Å²) in [6, 6.07) is 45.3. The van der Waals surface area contributed by atoms with E-state index in [0.717, 1.165) is 33.0 Å². The summed E-state index contributed by atoms with van der Waals surface area (Å²) < 4.78 is 8.51.